The molecular weight excluding hydrogens is 664 g/mol. The van der Waals surface area contributed by atoms with Crippen LogP contribution in [0.5, 0.6) is 28.7 Å². The SMILES string of the molecule is C=CC(=O)OCCCCCCOc1ccc(C(=O)Oc2ccc(OCOc3ccc(OCCCCCCCCOCC4(C)COC4)cc3)cc2)cc1. The van der Waals surface area contributed by atoms with Crippen molar-refractivity contribution in [2.24, 2.45) is 5.41 Å². The molecule has 10 heteroatoms. The summed E-state index contributed by atoms with van der Waals surface area (Å²) in [4.78, 5) is 23.6. The zero-order valence-corrected chi connectivity index (χ0v) is 30.5. The first kappa shape index (κ1) is 40.2. The molecule has 4 rings (SSSR count). The van der Waals surface area contributed by atoms with Gasteiger partial charge in [0, 0.05) is 18.1 Å². The van der Waals surface area contributed by atoms with Crippen molar-refractivity contribution in [1.82, 2.24) is 0 Å². The Balaban J connectivity index is 1.000. The molecule has 0 spiro atoms. The summed E-state index contributed by atoms with van der Waals surface area (Å²) in [6.07, 6.45) is 11.7. The number of unbranched alkanes of at least 4 members (excludes halogenated alkanes) is 8. The van der Waals surface area contributed by atoms with E-state index in [1.165, 1.54) is 25.3 Å². The zero-order chi connectivity index (χ0) is 36.7. The molecule has 0 aliphatic carbocycles. The van der Waals surface area contributed by atoms with E-state index >= 15 is 0 Å². The average molecular weight is 719 g/mol. The summed E-state index contributed by atoms with van der Waals surface area (Å²) in [5, 5.41) is 0. The molecule has 0 radical (unpaired) electrons. The van der Waals surface area contributed by atoms with Gasteiger partial charge in [0.25, 0.3) is 0 Å². The molecule has 0 amide bonds. The molecule has 1 saturated heterocycles. The number of hydrogen-bond donors (Lipinski definition) is 0. The standard InChI is InChI=1S/C42H54O10/c1-3-40(43)49-29-13-9-8-12-28-47-35-16-14-34(15-17-35)41(44)52-39-24-22-38(23-25-39)51-33-50-37-20-18-36(19-21-37)48-27-11-7-5-4-6-10-26-45-30-42(2)31-46-32-42/h3,14-25H,1,4-13,26-33H2,2H3. The quantitative estimate of drug-likeness (QED) is 0.0250. The molecule has 52 heavy (non-hydrogen) atoms. The maximum atomic E-state index is 12.6. The van der Waals surface area contributed by atoms with E-state index in [-0.39, 0.29) is 12.2 Å². The van der Waals surface area contributed by atoms with Crippen LogP contribution in [0.25, 0.3) is 0 Å². The Labute approximate surface area is 308 Å². The van der Waals surface area contributed by atoms with E-state index in [0.29, 0.717) is 48.4 Å². The van der Waals surface area contributed by atoms with Crippen LogP contribution >= 0.6 is 0 Å². The van der Waals surface area contributed by atoms with Gasteiger partial charge in [-0.05, 0) is 111 Å². The average Bonchev–Trinajstić information content (AvgIpc) is 3.15. The van der Waals surface area contributed by atoms with Crippen LogP contribution in [0.1, 0.15) is 81.5 Å². The van der Waals surface area contributed by atoms with Gasteiger partial charge < -0.3 is 37.9 Å². The fraction of sp³-hybridized carbons (Fsp3) is 0.476. The lowest BCUT2D eigenvalue weighted by Crippen LogP contribution is -2.43. The summed E-state index contributed by atoms with van der Waals surface area (Å²) in [6.45, 7) is 10.6. The Hall–Kier alpha value is -4.54. The Kier molecular flexibility index (Phi) is 17.9. The molecule has 1 fully saturated rings. The molecule has 10 nitrogen and oxygen atoms in total. The molecule has 0 unspecified atom stereocenters. The highest BCUT2D eigenvalue weighted by molar-refractivity contribution is 5.91. The Morgan fingerprint density at radius 1 is 0.615 bits per heavy atom. The van der Waals surface area contributed by atoms with E-state index < -0.39 is 11.9 Å². The molecule has 1 aliphatic rings. The molecule has 0 saturated carbocycles. The van der Waals surface area contributed by atoms with Crippen LogP contribution in [-0.4, -0.2) is 65.0 Å². The highest BCUT2D eigenvalue weighted by Gasteiger charge is 2.33. The third-order valence-corrected chi connectivity index (χ3v) is 8.42. The molecule has 1 aliphatic heterocycles. The molecule has 0 N–H and O–H groups in total. The Morgan fingerprint density at radius 3 is 1.56 bits per heavy atom. The summed E-state index contributed by atoms with van der Waals surface area (Å²) in [5.41, 5.74) is 0.656. The van der Waals surface area contributed by atoms with Crippen LogP contribution in [0.15, 0.2) is 85.5 Å². The zero-order valence-electron chi connectivity index (χ0n) is 30.5. The van der Waals surface area contributed by atoms with Crippen molar-refractivity contribution in [2.75, 3.05) is 53.0 Å². The van der Waals surface area contributed by atoms with Crippen LogP contribution in [0.4, 0.5) is 0 Å². The van der Waals surface area contributed by atoms with Crippen molar-refractivity contribution < 1.29 is 47.5 Å². The van der Waals surface area contributed by atoms with E-state index in [1.807, 2.05) is 24.3 Å². The maximum absolute atomic E-state index is 12.6. The largest absolute Gasteiger partial charge is 0.494 e. The fourth-order valence-electron chi connectivity index (χ4n) is 5.29. The van der Waals surface area contributed by atoms with Crippen molar-refractivity contribution in [3.63, 3.8) is 0 Å². The normalized spacial score (nSPS) is 13.0. The summed E-state index contributed by atoms with van der Waals surface area (Å²) in [6, 6.07) is 21.1. The first-order chi connectivity index (χ1) is 25.4. The van der Waals surface area contributed by atoms with E-state index in [9.17, 15) is 9.59 Å². The van der Waals surface area contributed by atoms with Crippen LogP contribution in [0.2, 0.25) is 0 Å². The summed E-state index contributed by atoms with van der Waals surface area (Å²) in [7, 11) is 0. The minimum Gasteiger partial charge on any atom is -0.494 e. The fourth-order valence-corrected chi connectivity index (χ4v) is 5.29. The molecule has 3 aromatic carbocycles. The van der Waals surface area contributed by atoms with Gasteiger partial charge in [0.05, 0.1) is 45.2 Å². The van der Waals surface area contributed by atoms with Crippen LogP contribution in [0.3, 0.4) is 0 Å². The highest BCUT2D eigenvalue weighted by atomic mass is 16.7. The van der Waals surface area contributed by atoms with Crippen molar-refractivity contribution in [3.05, 3.63) is 91.0 Å². The molecular formula is C42H54O10. The number of rotatable bonds is 27. The van der Waals surface area contributed by atoms with Gasteiger partial charge >= 0.3 is 11.9 Å². The van der Waals surface area contributed by atoms with Gasteiger partial charge in [-0.3, -0.25) is 0 Å². The maximum Gasteiger partial charge on any atom is 0.343 e. The molecule has 0 aromatic heterocycles. The Bertz CT molecular complexity index is 1450. The predicted octanol–water partition coefficient (Wildman–Crippen LogP) is 8.76. The Morgan fingerprint density at radius 2 is 1.06 bits per heavy atom. The second-order valence-electron chi connectivity index (χ2n) is 13.2. The second kappa shape index (κ2) is 23.1. The number of carbonyl (C=O) groups is 2. The van der Waals surface area contributed by atoms with Crippen molar-refractivity contribution in [1.29, 1.82) is 0 Å². The smallest absolute Gasteiger partial charge is 0.343 e. The molecule has 0 bridgehead atoms. The van der Waals surface area contributed by atoms with E-state index in [2.05, 4.69) is 13.5 Å². The van der Waals surface area contributed by atoms with Gasteiger partial charge in [0.15, 0.2) is 0 Å². The predicted molar refractivity (Wildman–Crippen MR) is 198 cm³/mol. The van der Waals surface area contributed by atoms with Gasteiger partial charge in [-0.2, -0.15) is 0 Å². The van der Waals surface area contributed by atoms with Crippen molar-refractivity contribution in [2.45, 2.75) is 71.1 Å². The third kappa shape index (κ3) is 15.8. The topological polar surface area (TPSA) is 108 Å². The van der Waals surface area contributed by atoms with Gasteiger partial charge in [-0.1, -0.05) is 39.2 Å². The molecule has 3 aromatic rings. The number of esters is 2. The number of carbonyl (C=O) groups excluding carboxylic acids is 2. The number of ether oxygens (including phenoxy) is 8. The summed E-state index contributed by atoms with van der Waals surface area (Å²) in [5.74, 6) is 2.30. The van der Waals surface area contributed by atoms with Gasteiger partial charge in [-0.25, -0.2) is 9.59 Å². The first-order valence-electron chi connectivity index (χ1n) is 18.4. The van der Waals surface area contributed by atoms with E-state index in [4.69, 9.17) is 37.9 Å². The third-order valence-electron chi connectivity index (χ3n) is 8.42. The van der Waals surface area contributed by atoms with E-state index in [0.717, 1.165) is 77.1 Å². The minimum absolute atomic E-state index is 0.0292. The lowest BCUT2D eigenvalue weighted by molar-refractivity contribution is -0.138. The number of hydrogen-bond acceptors (Lipinski definition) is 10. The van der Waals surface area contributed by atoms with Gasteiger partial charge in [-0.15, -0.1) is 0 Å². The second-order valence-corrected chi connectivity index (χ2v) is 13.2. The van der Waals surface area contributed by atoms with Gasteiger partial charge in [0.1, 0.15) is 28.7 Å². The van der Waals surface area contributed by atoms with Gasteiger partial charge in [0.2, 0.25) is 6.79 Å². The minimum atomic E-state index is -0.467. The van der Waals surface area contributed by atoms with Crippen LogP contribution < -0.4 is 23.7 Å². The van der Waals surface area contributed by atoms with Crippen molar-refractivity contribution in [3.8, 4) is 28.7 Å². The monoisotopic (exact) mass is 718 g/mol. The van der Waals surface area contributed by atoms with Crippen molar-refractivity contribution >= 4 is 11.9 Å². The molecule has 0 atom stereocenters. The highest BCUT2D eigenvalue weighted by Crippen LogP contribution is 2.27. The number of benzene rings is 3. The lowest BCUT2D eigenvalue weighted by atomic mass is 9.90. The lowest BCUT2D eigenvalue weighted by Gasteiger charge is -2.37. The van der Waals surface area contributed by atoms with E-state index in [1.54, 1.807) is 48.5 Å². The summed E-state index contributed by atoms with van der Waals surface area (Å²) >= 11 is 0. The van der Waals surface area contributed by atoms with Crippen LogP contribution in [0, 0.1) is 5.41 Å². The molecule has 1 heterocycles. The molecule has 282 valence electrons. The van der Waals surface area contributed by atoms with Crippen LogP contribution in [-0.2, 0) is 19.0 Å². The first-order valence-corrected chi connectivity index (χ1v) is 18.4. The summed E-state index contributed by atoms with van der Waals surface area (Å²) < 4.78 is 44.6.